The predicted octanol–water partition coefficient (Wildman–Crippen LogP) is 2.48. The number of piperazine rings is 1. The number of carbonyl (C=O) groups excluding carboxylic acids is 1. The third-order valence-corrected chi connectivity index (χ3v) is 5.88. The molecule has 1 N–H and O–H groups in total. The highest BCUT2D eigenvalue weighted by Crippen LogP contribution is 2.25. The summed E-state index contributed by atoms with van der Waals surface area (Å²) >= 11 is 0. The van der Waals surface area contributed by atoms with Crippen LogP contribution < -0.4 is 15.0 Å². The van der Waals surface area contributed by atoms with E-state index in [0.29, 0.717) is 24.7 Å². The van der Waals surface area contributed by atoms with Gasteiger partial charge in [-0.3, -0.25) is 9.69 Å². The second-order valence-electron chi connectivity index (χ2n) is 7.96. The largest absolute Gasteiger partial charge is 0.478 e. The summed E-state index contributed by atoms with van der Waals surface area (Å²) in [6.07, 6.45) is 6.83. The van der Waals surface area contributed by atoms with Crippen molar-refractivity contribution in [3.8, 4) is 5.88 Å². The van der Waals surface area contributed by atoms with Gasteiger partial charge in [0.25, 0.3) is 0 Å². The van der Waals surface area contributed by atoms with Gasteiger partial charge in [-0.15, -0.1) is 0 Å². The highest BCUT2D eigenvalue weighted by molar-refractivity contribution is 5.92. The van der Waals surface area contributed by atoms with E-state index in [-0.39, 0.29) is 5.91 Å². The minimum Gasteiger partial charge on any atom is -0.478 e. The normalized spacial score (nSPS) is 16.9. The Hall–Kier alpha value is -3.20. The van der Waals surface area contributed by atoms with E-state index in [4.69, 9.17) is 9.26 Å². The Morgan fingerprint density at radius 1 is 1.10 bits per heavy atom. The van der Waals surface area contributed by atoms with Crippen molar-refractivity contribution < 1.29 is 14.1 Å². The highest BCUT2D eigenvalue weighted by atomic mass is 16.5. The predicted molar refractivity (Wildman–Crippen MR) is 116 cm³/mol. The lowest BCUT2D eigenvalue weighted by molar-refractivity contribution is -0.116. The number of pyridine rings is 2. The standard InChI is InChI=1S/C22H26N6O3/c29-19-5-3-16-4-6-20(26-21(16)25-19)30-14-2-1-9-27-10-12-28(13-11-27)22-17-15-24-31-18(17)7-8-23-22/h4,6-8,15H,1-3,5,9-14H2,(H,25,26,29). The Morgan fingerprint density at radius 2 is 2.00 bits per heavy atom. The van der Waals surface area contributed by atoms with E-state index < -0.39 is 0 Å². The maximum atomic E-state index is 11.5. The van der Waals surface area contributed by atoms with Crippen LogP contribution in [-0.2, 0) is 11.2 Å². The highest BCUT2D eigenvalue weighted by Gasteiger charge is 2.20. The molecule has 0 bridgehead atoms. The number of fused-ring (bicyclic) bond motifs is 2. The number of anilines is 2. The summed E-state index contributed by atoms with van der Waals surface area (Å²) in [6.45, 7) is 5.58. The van der Waals surface area contributed by atoms with Gasteiger partial charge in [-0.2, -0.15) is 4.98 Å². The quantitative estimate of drug-likeness (QED) is 0.580. The first-order valence-electron chi connectivity index (χ1n) is 10.9. The summed E-state index contributed by atoms with van der Waals surface area (Å²) in [5, 5.41) is 7.68. The number of rotatable bonds is 7. The molecule has 0 aliphatic carbocycles. The summed E-state index contributed by atoms with van der Waals surface area (Å²) in [5.74, 6) is 2.19. The lowest BCUT2D eigenvalue weighted by atomic mass is 10.1. The smallest absolute Gasteiger partial charge is 0.225 e. The van der Waals surface area contributed by atoms with Crippen LogP contribution in [0.3, 0.4) is 0 Å². The van der Waals surface area contributed by atoms with Crippen molar-refractivity contribution in [1.29, 1.82) is 0 Å². The second kappa shape index (κ2) is 8.89. The topological polar surface area (TPSA) is 96.6 Å². The first kappa shape index (κ1) is 19.7. The van der Waals surface area contributed by atoms with Gasteiger partial charge in [0.05, 0.1) is 18.2 Å². The fourth-order valence-corrected chi connectivity index (χ4v) is 4.13. The average Bonchev–Trinajstić information content (AvgIpc) is 3.28. The molecule has 5 heterocycles. The molecule has 3 aromatic heterocycles. The summed E-state index contributed by atoms with van der Waals surface area (Å²) in [7, 11) is 0. The molecule has 5 rings (SSSR count). The number of aromatic nitrogens is 3. The van der Waals surface area contributed by atoms with E-state index in [1.807, 2.05) is 18.2 Å². The second-order valence-corrected chi connectivity index (χ2v) is 7.96. The van der Waals surface area contributed by atoms with Crippen LogP contribution in [-0.4, -0.2) is 65.3 Å². The third-order valence-electron chi connectivity index (χ3n) is 5.88. The first-order chi connectivity index (χ1) is 15.3. The summed E-state index contributed by atoms with van der Waals surface area (Å²) in [6, 6.07) is 5.73. The molecule has 0 spiro atoms. The first-order valence-corrected chi connectivity index (χ1v) is 10.9. The maximum Gasteiger partial charge on any atom is 0.225 e. The lowest BCUT2D eigenvalue weighted by Crippen LogP contribution is -2.47. The van der Waals surface area contributed by atoms with Crippen molar-refractivity contribution in [3.05, 3.63) is 36.2 Å². The van der Waals surface area contributed by atoms with Gasteiger partial charge in [-0.25, -0.2) is 4.98 Å². The lowest BCUT2D eigenvalue weighted by Gasteiger charge is -2.35. The van der Waals surface area contributed by atoms with Gasteiger partial charge in [0, 0.05) is 50.9 Å². The van der Waals surface area contributed by atoms with Crippen molar-refractivity contribution in [3.63, 3.8) is 0 Å². The molecule has 9 nitrogen and oxygen atoms in total. The summed E-state index contributed by atoms with van der Waals surface area (Å²) in [4.78, 5) is 25.3. The minimum absolute atomic E-state index is 0.0196. The number of hydrogen-bond acceptors (Lipinski definition) is 8. The fraction of sp³-hybridized carbons (Fsp3) is 0.455. The molecular formula is C22H26N6O3. The fourth-order valence-electron chi connectivity index (χ4n) is 4.13. The number of aryl methyl sites for hydroxylation is 1. The van der Waals surface area contributed by atoms with Crippen molar-refractivity contribution in [2.45, 2.75) is 25.7 Å². The Kier molecular flexibility index (Phi) is 5.66. The molecule has 162 valence electrons. The summed E-state index contributed by atoms with van der Waals surface area (Å²) in [5.41, 5.74) is 1.85. The number of amides is 1. The van der Waals surface area contributed by atoms with E-state index in [0.717, 1.165) is 74.3 Å². The number of hydrogen-bond donors (Lipinski definition) is 1. The molecule has 0 unspecified atom stereocenters. The molecule has 2 aliphatic rings. The number of carbonyl (C=O) groups is 1. The van der Waals surface area contributed by atoms with Crippen molar-refractivity contribution in [2.24, 2.45) is 0 Å². The Labute approximate surface area is 180 Å². The van der Waals surface area contributed by atoms with Crippen LogP contribution in [0.4, 0.5) is 11.6 Å². The molecule has 9 heteroatoms. The van der Waals surface area contributed by atoms with Crippen LogP contribution in [0.2, 0.25) is 0 Å². The van der Waals surface area contributed by atoms with Crippen LogP contribution in [0.1, 0.15) is 24.8 Å². The van der Waals surface area contributed by atoms with Crippen LogP contribution in [0.25, 0.3) is 11.0 Å². The van der Waals surface area contributed by atoms with Crippen LogP contribution in [0.5, 0.6) is 5.88 Å². The molecule has 2 aliphatic heterocycles. The molecule has 0 saturated carbocycles. The molecule has 1 fully saturated rings. The van der Waals surface area contributed by atoms with E-state index in [2.05, 4.69) is 30.2 Å². The molecule has 0 aromatic carbocycles. The zero-order valence-corrected chi connectivity index (χ0v) is 17.4. The molecule has 1 saturated heterocycles. The van der Waals surface area contributed by atoms with Gasteiger partial charge < -0.3 is 19.5 Å². The van der Waals surface area contributed by atoms with Crippen LogP contribution >= 0.6 is 0 Å². The van der Waals surface area contributed by atoms with Gasteiger partial charge in [0.1, 0.15) is 11.6 Å². The van der Waals surface area contributed by atoms with E-state index in [9.17, 15) is 4.79 Å². The van der Waals surface area contributed by atoms with Crippen molar-refractivity contribution in [1.82, 2.24) is 20.0 Å². The SMILES string of the molecule is O=C1CCc2ccc(OCCCCN3CCN(c4nccc5oncc45)CC3)nc2N1. The molecular weight excluding hydrogens is 396 g/mol. The molecule has 0 atom stereocenters. The van der Waals surface area contributed by atoms with Gasteiger partial charge in [-0.05, 0) is 37.4 Å². The van der Waals surface area contributed by atoms with Gasteiger partial charge in [-0.1, -0.05) is 5.16 Å². The van der Waals surface area contributed by atoms with E-state index in [1.54, 1.807) is 12.4 Å². The molecule has 3 aromatic rings. The Balaban J connectivity index is 1.03. The minimum atomic E-state index is 0.0196. The average molecular weight is 422 g/mol. The number of ether oxygens (including phenoxy) is 1. The van der Waals surface area contributed by atoms with Crippen molar-refractivity contribution >= 4 is 28.5 Å². The van der Waals surface area contributed by atoms with Gasteiger partial charge >= 0.3 is 0 Å². The third kappa shape index (κ3) is 4.46. The van der Waals surface area contributed by atoms with E-state index in [1.165, 1.54) is 0 Å². The summed E-state index contributed by atoms with van der Waals surface area (Å²) < 4.78 is 11.0. The Morgan fingerprint density at radius 3 is 2.90 bits per heavy atom. The maximum absolute atomic E-state index is 11.5. The number of nitrogens with one attached hydrogen (secondary N) is 1. The van der Waals surface area contributed by atoms with Gasteiger partial charge in [0.15, 0.2) is 5.58 Å². The number of unbranched alkanes of at least 4 members (excludes halogenated alkanes) is 1. The zero-order valence-electron chi connectivity index (χ0n) is 17.4. The monoisotopic (exact) mass is 422 g/mol. The molecule has 31 heavy (non-hydrogen) atoms. The van der Waals surface area contributed by atoms with Gasteiger partial charge in [0.2, 0.25) is 11.8 Å². The van der Waals surface area contributed by atoms with Crippen molar-refractivity contribution in [2.75, 3.05) is 49.5 Å². The Bertz CT molecular complexity index is 1060. The van der Waals surface area contributed by atoms with E-state index >= 15 is 0 Å². The van der Waals surface area contributed by atoms with Crippen LogP contribution in [0.15, 0.2) is 35.1 Å². The zero-order chi connectivity index (χ0) is 21.0. The van der Waals surface area contributed by atoms with Crippen LogP contribution in [0, 0.1) is 0 Å². The number of nitrogens with zero attached hydrogens (tertiary/aromatic N) is 5. The molecule has 0 radical (unpaired) electrons. The molecule has 1 amide bonds.